The van der Waals surface area contributed by atoms with Crippen LogP contribution in [0.5, 0.6) is 0 Å². The molecule has 0 fully saturated rings. The predicted octanol–water partition coefficient (Wildman–Crippen LogP) is 6.47. The normalized spacial score (nSPS) is 9.75. The lowest BCUT2D eigenvalue weighted by atomic mass is 10.1. The maximum atomic E-state index is 5.58. The summed E-state index contributed by atoms with van der Waals surface area (Å²) in [5.74, 6) is 0. The first kappa shape index (κ1) is 16.0. The SMILES string of the molecule is CCCCCCCCC.Cc1ccc(Cl)s1. The van der Waals surface area contributed by atoms with E-state index in [1.165, 1.54) is 49.8 Å². The summed E-state index contributed by atoms with van der Waals surface area (Å²) in [6, 6.07) is 3.91. The summed E-state index contributed by atoms with van der Waals surface area (Å²) in [6.45, 7) is 6.57. The second kappa shape index (κ2) is 11.5. The van der Waals surface area contributed by atoms with Gasteiger partial charge in [0.25, 0.3) is 0 Å². The van der Waals surface area contributed by atoms with E-state index in [1.54, 1.807) is 11.3 Å². The van der Waals surface area contributed by atoms with Gasteiger partial charge in [0.2, 0.25) is 0 Å². The number of hydrogen-bond acceptors (Lipinski definition) is 1. The molecule has 0 bridgehead atoms. The van der Waals surface area contributed by atoms with Crippen molar-refractivity contribution in [2.75, 3.05) is 0 Å². The van der Waals surface area contributed by atoms with Crippen molar-refractivity contribution in [1.82, 2.24) is 0 Å². The van der Waals surface area contributed by atoms with Crippen LogP contribution >= 0.6 is 22.9 Å². The van der Waals surface area contributed by atoms with Gasteiger partial charge in [-0.1, -0.05) is 70.4 Å². The van der Waals surface area contributed by atoms with Crippen molar-refractivity contribution in [1.29, 1.82) is 0 Å². The van der Waals surface area contributed by atoms with E-state index in [0.29, 0.717) is 0 Å². The lowest BCUT2D eigenvalue weighted by Crippen LogP contribution is -1.76. The maximum absolute atomic E-state index is 5.58. The van der Waals surface area contributed by atoms with E-state index < -0.39 is 0 Å². The van der Waals surface area contributed by atoms with Gasteiger partial charge in [-0.25, -0.2) is 0 Å². The highest BCUT2D eigenvalue weighted by Gasteiger charge is 1.87. The molecule has 0 atom stereocenters. The minimum atomic E-state index is 0.873. The van der Waals surface area contributed by atoms with E-state index in [9.17, 15) is 0 Å². The molecule has 0 aromatic carbocycles. The third kappa shape index (κ3) is 10.5. The first-order valence-electron chi connectivity index (χ1n) is 6.42. The van der Waals surface area contributed by atoms with E-state index in [-0.39, 0.29) is 0 Å². The van der Waals surface area contributed by atoms with Gasteiger partial charge >= 0.3 is 0 Å². The molecular formula is C14H25ClS. The number of thiophene rings is 1. The lowest BCUT2D eigenvalue weighted by molar-refractivity contribution is 0.602. The summed E-state index contributed by atoms with van der Waals surface area (Å²) in [5, 5.41) is 0. The molecule has 16 heavy (non-hydrogen) atoms. The molecule has 0 N–H and O–H groups in total. The zero-order valence-corrected chi connectivity index (χ0v) is 12.5. The fraction of sp³-hybridized carbons (Fsp3) is 0.714. The number of hydrogen-bond donors (Lipinski definition) is 0. The molecular weight excluding hydrogens is 236 g/mol. The van der Waals surface area contributed by atoms with Crippen LogP contribution in [0, 0.1) is 6.92 Å². The van der Waals surface area contributed by atoms with Crippen molar-refractivity contribution in [3.05, 3.63) is 21.3 Å². The third-order valence-electron chi connectivity index (χ3n) is 2.41. The van der Waals surface area contributed by atoms with Crippen molar-refractivity contribution in [2.24, 2.45) is 0 Å². The standard InChI is InChI=1S/C9H20.C5H5ClS/c1-3-5-7-9-8-6-4-2;1-4-2-3-5(6)7-4/h3-9H2,1-2H3;2-3H,1H3. The molecule has 0 spiro atoms. The van der Waals surface area contributed by atoms with Crippen molar-refractivity contribution in [3.63, 3.8) is 0 Å². The van der Waals surface area contributed by atoms with E-state index in [0.717, 1.165) is 4.34 Å². The van der Waals surface area contributed by atoms with Crippen LogP contribution < -0.4 is 0 Å². The summed E-state index contributed by atoms with van der Waals surface area (Å²) in [7, 11) is 0. The van der Waals surface area contributed by atoms with Gasteiger partial charge in [0.05, 0.1) is 4.34 Å². The van der Waals surface area contributed by atoms with E-state index >= 15 is 0 Å². The summed E-state index contributed by atoms with van der Waals surface area (Å²) >= 11 is 7.19. The second-order valence-corrected chi connectivity index (χ2v) is 6.04. The maximum Gasteiger partial charge on any atom is 0.0931 e. The van der Waals surface area contributed by atoms with Crippen LogP contribution in [0.1, 0.15) is 63.7 Å². The third-order valence-corrected chi connectivity index (χ3v) is 3.56. The fourth-order valence-electron chi connectivity index (χ4n) is 1.44. The Morgan fingerprint density at radius 1 is 0.938 bits per heavy atom. The average Bonchev–Trinajstić information content (AvgIpc) is 2.63. The van der Waals surface area contributed by atoms with Gasteiger partial charge in [-0.2, -0.15) is 0 Å². The Balaban J connectivity index is 0.000000288. The molecule has 0 radical (unpaired) electrons. The summed E-state index contributed by atoms with van der Waals surface area (Å²) < 4.78 is 0.873. The van der Waals surface area contributed by atoms with Gasteiger partial charge in [0.15, 0.2) is 0 Å². The van der Waals surface area contributed by atoms with Crippen LogP contribution in [0.15, 0.2) is 12.1 Å². The van der Waals surface area contributed by atoms with Gasteiger partial charge in [-0.3, -0.25) is 0 Å². The second-order valence-electron chi connectivity index (χ2n) is 4.12. The predicted molar refractivity (Wildman–Crippen MR) is 77.7 cm³/mol. The monoisotopic (exact) mass is 260 g/mol. The van der Waals surface area contributed by atoms with Gasteiger partial charge in [0, 0.05) is 4.88 Å². The Kier molecular flexibility index (Phi) is 11.5. The smallest absolute Gasteiger partial charge is 0.0931 e. The molecule has 1 rings (SSSR count). The molecule has 0 unspecified atom stereocenters. The summed E-state index contributed by atoms with van der Waals surface area (Å²) in [6.07, 6.45) is 9.97. The molecule has 2 heteroatoms. The fourth-order valence-corrected chi connectivity index (χ4v) is 2.44. The molecule has 1 aromatic rings. The van der Waals surface area contributed by atoms with Gasteiger partial charge in [-0.15, -0.1) is 11.3 Å². The van der Waals surface area contributed by atoms with Crippen LogP contribution in [0.4, 0.5) is 0 Å². The molecule has 1 aromatic heterocycles. The lowest BCUT2D eigenvalue weighted by Gasteiger charge is -1.96. The topological polar surface area (TPSA) is 0 Å². The van der Waals surface area contributed by atoms with Gasteiger partial charge < -0.3 is 0 Å². The summed E-state index contributed by atoms with van der Waals surface area (Å²) in [5.41, 5.74) is 0. The Labute approximate surface area is 110 Å². The average molecular weight is 261 g/mol. The van der Waals surface area contributed by atoms with Crippen LogP contribution in [0.2, 0.25) is 4.34 Å². The number of unbranched alkanes of at least 4 members (excludes halogenated alkanes) is 6. The highest BCUT2D eigenvalue weighted by molar-refractivity contribution is 7.16. The Morgan fingerprint density at radius 3 is 1.69 bits per heavy atom. The number of aryl methyl sites for hydroxylation is 1. The van der Waals surface area contributed by atoms with Crippen molar-refractivity contribution in [2.45, 2.75) is 65.7 Å². The highest BCUT2D eigenvalue weighted by atomic mass is 35.5. The largest absolute Gasteiger partial charge is 0.129 e. The van der Waals surface area contributed by atoms with Crippen molar-refractivity contribution < 1.29 is 0 Å². The van der Waals surface area contributed by atoms with E-state index in [2.05, 4.69) is 13.8 Å². The van der Waals surface area contributed by atoms with Crippen molar-refractivity contribution >= 4 is 22.9 Å². The van der Waals surface area contributed by atoms with Gasteiger partial charge in [-0.05, 0) is 19.1 Å². The van der Waals surface area contributed by atoms with Crippen LogP contribution in [0.25, 0.3) is 0 Å². The molecule has 0 aliphatic heterocycles. The Hall–Kier alpha value is -0.0100. The molecule has 0 aliphatic carbocycles. The Morgan fingerprint density at radius 2 is 1.44 bits per heavy atom. The zero-order valence-electron chi connectivity index (χ0n) is 10.9. The van der Waals surface area contributed by atoms with Crippen LogP contribution in [0.3, 0.4) is 0 Å². The highest BCUT2D eigenvalue weighted by Crippen LogP contribution is 2.19. The number of rotatable bonds is 6. The van der Waals surface area contributed by atoms with Crippen LogP contribution in [-0.4, -0.2) is 0 Å². The van der Waals surface area contributed by atoms with Crippen molar-refractivity contribution in [3.8, 4) is 0 Å². The molecule has 94 valence electrons. The molecule has 0 saturated carbocycles. The van der Waals surface area contributed by atoms with E-state index in [1.807, 2.05) is 19.1 Å². The van der Waals surface area contributed by atoms with E-state index in [4.69, 9.17) is 11.6 Å². The molecule has 0 aliphatic rings. The molecule has 1 heterocycles. The quantitative estimate of drug-likeness (QED) is 0.515. The summed E-state index contributed by atoms with van der Waals surface area (Å²) in [4.78, 5) is 1.27. The molecule has 0 amide bonds. The number of halogens is 1. The Bertz CT molecular complexity index is 220. The molecule has 0 saturated heterocycles. The van der Waals surface area contributed by atoms with Gasteiger partial charge in [0.1, 0.15) is 0 Å². The molecule has 0 nitrogen and oxygen atoms in total. The minimum absolute atomic E-state index is 0.873. The van der Waals surface area contributed by atoms with Crippen LogP contribution in [-0.2, 0) is 0 Å². The first-order valence-corrected chi connectivity index (χ1v) is 7.62. The first-order chi connectivity index (χ1) is 7.70. The zero-order chi connectivity index (χ0) is 12.2. The minimum Gasteiger partial charge on any atom is -0.129 e.